The molecule has 1 heterocycles. The predicted molar refractivity (Wildman–Crippen MR) is 68.8 cm³/mol. The van der Waals surface area contributed by atoms with E-state index in [2.05, 4.69) is 11.9 Å². The van der Waals surface area contributed by atoms with E-state index in [4.69, 9.17) is 10.2 Å². The standard InChI is InChI=1S/C14H18N2O/c1-9-5-7-10(8-6-9)14-16-13-11(15)3-2-4-12(13)17-14/h2-4,9-10H,5-8,15H2,1H3. The van der Waals surface area contributed by atoms with Crippen LogP contribution in [0.15, 0.2) is 22.6 Å². The summed E-state index contributed by atoms with van der Waals surface area (Å²) in [6, 6.07) is 5.72. The maximum Gasteiger partial charge on any atom is 0.198 e. The maximum atomic E-state index is 5.90. The Labute approximate surface area is 101 Å². The third kappa shape index (κ3) is 1.90. The van der Waals surface area contributed by atoms with Gasteiger partial charge in [-0.15, -0.1) is 0 Å². The predicted octanol–water partition coefficient (Wildman–Crippen LogP) is 3.70. The summed E-state index contributed by atoms with van der Waals surface area (Å²) in [6.45, 7) is 2.32. The fraction of sp³-hybridized carbons (Fsp3) is 0.500. The molecule has 0 atom stereocenters. The van der Waals surface area contributed by atoms with Crippen LogP contribution in [0.25, 0.3) is 11.1 Å². The summed E-state index contributed by atoms with van der Waals surface area (Å²) < 4.78 is 5.83. The molecule has 3 nitrogen and oxygen atoms in total. The Morgan fingerprint density at radius 3 is 2.71 bits per heavy atom. The molecule has 0 amide bonds. The van der Waals surface area contributed by atoms with Crippen LogP contribution < -0.4 is 5.73 Å². The highest BCUT2D eigenvalue weighted by Crippen LogP contribution is 2.36. The molecule has 3 rings (SSSR count). The van der Waals surface area contributed by atoms with E-state index in [-0.39, 0.29) is 0 Å². The average Bonchev–Trinajstić information content (AvgIpc) is 2.75. The number of hydrogen-bond acceptors (Lipinski definition) is 3. The van der Waals surface area contributed by atoms with Crippen molar-refractivity contribution in [2.24, 2.45) is 5.92 Å². The minimum atomic E-state index is 0.484. The first-order valence-electron chi connectivity index (χ1n) is 6.39. The van der Waals surface area contributed by atoms with E-state index in [0.29, 0.717) is 11.6 Å². The van der Waals surface area contributed by atoms with Crippen molar-refractivity contribution in [2.75, 3.05) is 5.73 Å². The van der Waals surface area contributed by atoms with E-state index >= 15 is 0 Å². The lowest BCUT2D eigenvalue weighted by molar-refractivity contribution is 0.312. The fourth-order valence-corrected chi connectivity index (χ4v) is 2.67. The van der Waals surface area contributed by atoms with Crippen molar-refractivity contribution in [3.05, 3.63) is 24.1 Å². The number of aromatic nitrogens is 1. The first-order valence-corrected chi connectivity index (χ1v) is 6.39. The Kier molecular flexibility index (Phi) is 2.54. The number of fused-ring (bicyclic) bond motifs is 1. The molecular formula is C14H18N2O. The van der Waals surface area contributed by atoms with Crippen LogP contribution in [0, 0.1) is 5.92 Å². The van der Waals surface area contributed by atoms with Crippen LogP contribution in [0.1, 0.15) is 44.4 Å². The molecule has 0 radical (unpaired) electrons. The molecule has 1 aromatic heterocycles. The molecule has 2 aromatic rings. The highest BCUT2D eigenvalue weighted by atomic mass is 16.3. The molecule has 3 heteroatoms. The van der Waals surface area contributed by atoms with Crippen LogP contribution in [0.2, 0.25) is 0 Å². The first kappa shape index (κ1) is 10.6. The highest BCUT2D eigenvalue weighted by molar-refractivity contribution is 5.85. The molecule has 1 aliphatic carbocycles. The Morgan fingerprint density at radius 1 is 1.24 bits per heavy atom. The van der Waals surface area contributed by atoms with Crippen LogP contribution in [0.5, 0.6) is 0 Å². The van der Waals surface area contributed by atoms with Gasteiger partial charge in [-0.3, -0.25) is 0 Å². The molecule has 17 heavy (non-hydrogen) atoms. The van der Waals surface area contributed by atoms with Gasteiger partial charge in [0.1, 0.15) is 5.52 Å². The van der Waals surface area contributed by atoms with E-state index in [1.165, 1.54) is 25.7 Å². The number of nitrogen functional groups attached to an aromatic ring is 1. The van der Waals surface area contributed by atoms with Crippen molar-refractivity contribution in [3.63, 3.8) is 0 Å². The van der Waals surface area contributed by atoms with Crippen LogP contribution in [-0.4, -0.2) is 4.98 Å². The smallest absolute Gasteiger partial charge is 0.198 e. The summed E-state index contributed by atoms with van der Waals surface area (Å²) in [5, 5.41) is 0. The Bertz CT molecular complexity index is 524. The third-order valence-corrected chi connectivity index (χ3v) is 3.83. The molecule has 1 aromatic carbocycles. The molecule has 1 saturated carbocycles. The second-order valence-electron chi connectivity index (χ2n) is 5.20. The second kappa shape index (κ2) is 4.06. The number of benzene rings is 1. The summed E-state index contributed by atoms with van der Waals surface area (Å²) in [7, 11) is 0. The Hall–Kier alpha value is -1.51. The van der Waals surface area contributed by atoms with Gasteiger partial charge in [-0.2, -0.15) is 0 Å². The van der Waals surface area contributed by atoms with Crippen molar-refractivity contribution >= 4 is 16.8 Å². The molecule has 0 unspecified atom stereocenters. The molecule has 1 fully saturated rings. The topological polar surface area (TPSA) is 52.0 Å². The molecule has 90 valence electrons. The molecule has 0 saturated heterocycles. The number of oxazole rings is 1. The van der Waals surface area contributed by atoms with Crippen molar-refractivity contribution < 1.29 is 4.42 Å². The lowest BCUT2D eigenvalue weighted by Gasteiger charge is -2.23. The third-order valence-electron chi connectivity index (χ3n) is 3.83. The van der Waals surface area contributed by atoms with Crippen molar-refractivity contribution in [1.82, 2.24) is 4.98 Å². The molecule has 0 bridgehead atoms. The highest BCUT2D eigenvalue weighted by Gasteiger charge is 2.24. The molecule has 2 N–H and O–H groups in total. The Morgan fingerprint density at radius 2 is 2.00 bits per heavy atom. The van der Waals surface area contributed by atoms with Gasteiger partial charge in [0.2, 0.25) is 0 Å². The van der Waals surface area contributed by atoms with E-state index in [0.717, 1.165) is 22.9 Å². The van der Waals surface area contributed by atoms with Gasteiger partial charge in [0, 0.05) is 5.92 Å². The fourth-order valence-electron chi connectivity index (χ4n) is 2.67. The lowest BCUT2D eigenvalue weighted by atomic mass is 9.83. The van der Waals surface area contributed by atoms with Gasteiger partial charge in [0.15, 0.2) is 11.5 Å². The van der Waals surface area contributed by atoms with Crippen LogP contribution in [0.4, 0.5) is 5.69 Å². The summed E-state index contributed by atoms with van der Waals surface area (Å²) in [4.78, 5) is 4.57. The average molecular weight is 230 g/mol. The lowest BCUT2D eigenvalue weighted by Crippen LogP contribution is -2.10. The van der Waals surface area contributed by atoms with Gasteiger partial charge in [0.25, 0.3) is 0 Å². The maximum absolute atomic E-state index is 5.90. The van der Waals surface area contributed by atoms with E-state index < -0.39 is 0 Å². The zero-order chi connectivity index (χ0) is 11.8. The zero-order valence-corrected chi connectivity index (χ0v) is 10.1. The van der Waals surface area contributed by atoms with Gasteiger partial charge in [0.05, 0.1) is 5.69 Å². The van der Waals surface area contributed by atoms with E-state index in [1.807, 2.05) is 18.2 Å². The number of anilines is 1. The number of nitrogens with two attached hydrogens (primary N) is 1. The zero-order valence-electron chi connectivity index (χ0n) is 10.1. The van der Waals surface area contributed by atoms with Crippen LogP contribution >= 0.6 is 0 Å². The van der Waals surface area contributed by atoms with Gasteiger partial charge in [-0.05, 0) is 43.7 Å². The normalized spacial score (nSPS) is 25.2. The molecule has 1 aliphatic rings. The summed E-state index contributed by atoms with van der Waals surface area (Å²) in [6.07, 6.45) is 4.93. The van der Waals surface area contributed by atoms with Crippen molar-refractivity contribution in [1.29, 1.82) is 0 Å². The molecule has 0 aliphatic heterocycles. The van der Waals surface area contributed by atoms with Gasteiger partial charge in [-0.1, -0.05) is 13.0 Å². The van der Waals surface area contributed by atoms with E-state index in [9.17, 15) is 0 Å². The number of para-hydroxylation sites is 1. The molecular weight excluding hydrogens is 212 g/mol. The summed E-state index contributed by atoms with van der Waals surface area (Å²) in [5.41, 5.74) is 8.25. The number of rotatable bonds is 1. The Balaban J connectivity index is 1.93. The minimum Gasteiger partial charge on any atom is -0.440 e. The van der Waals surface area contributed by atoms with Crippen LogP contribution in [-0.2, 0) is 0 Å². The SMILES string of the molecule is CC1CCC(c2nc3c(N)cccc3o2)CC1. The second-order valence-corrected chi connectivity index (χ2v) is 5.20. The number of hydrogen-bond donors (Lipinski definition) is 1. The van der Waals surface area contributed by atoms with Crippen molar-refractivity contribution in [2.45, 2.75) is 38.5 Å². The van der Waals surface area contributed by atoms with Gasteiger partial charge < -0.3 is 10.2 Å². The summed E-state index contributed by atoms with van der Waals surface area (Å²) in [5.74, 6) is 2.21. The van der Waals surface area contributed by atoms with Crippen LogP contribution in [0.3, 0.4) is 0 Å². The minimum absolute atomic E-state index is 0.484. The van der Waals surface area contributed by atoms with E-state index in [1.54, 1.807) is 0 Å². The largest absolute Gasteiger partial charge is 0.440 e. The first-order chi connectivity index (χ1) is 8.24. The quantitative estimate of drug-likeness (QED) is 0.760. The monoisotopic (exact) mass is 230 g/mol. The van der Waals surface area contributed by atoms with Crippen molar-refractivity contribution in [3.8, 4) is 0 Å². The van der Waals surface area contributed by atoms with Gasteiger partial charge in [-0.25, -0.2) is 4.98 Å². The van der Waals surface area contributed by atoms with Gasteiger partial charge >= 0.3 is 0 Å². The number of nitrogens with zero attached hydrogens (tertiary/aromatic N) is 1. The summed E-state index contributed by atoms with van der Waals surface area (Å²) >= 11 is 0. The molecule has 0 spiro atoms.